The normalized spacial score (nSPS) is 11.1. The second kappa shape index (κ2) is 6.40. The molecule has 1 aromatic rings. The van der Waals surface area contributed by atoms with Crippen LogP contribution in [-0.4, -0.2) is 33.3 Å². The predicted octanol–water partition coefficient (Wildman–Crippen LogP) is 1.74. The molecule has 0 fully saturated rings. The van der Waals surface area contributed by atoms with E-state index in [1.807, 2.05) is 38.1 Å². The minimum atomic E-state index is -0.569. The molecular weight excluding hydrogens is 230 g/mol. The lowest BCUT2D eigenvalue weighted by Crippen LogP contribution is -2.41. The monoisotopic (exact) mass is 251 g/mol. The molecule has 4 nitrogen and oxygen atoms in total. The van der Waals surface area contributed by atoms with E-state index in [9.17, 15) is 4.79 Å². The first-order valence-corrected chi connectivity index (χ1v) is 5.94. The van der Waals surface area contributed by atoms with E-state index in [0.29, 0.717) is 13.2 Å². The Labute approximate surface area is 108 Å². The van der Waals surface area contributed by atoms with E-state index in [0.717, 1.165) is 11.3 Å². The Morgan fingerprint density at radius 3 is 2.33 bits per heavy atom. The Morgan fingerprint density at radius 2 is 1.83 bits per heavy atom. The zero-order valence-electron chi connectivity index (χ0n) is 11.4. The van der Waals surface area contributed by atoms with Crippen molar-refractivity contribution in [1.29, 1.82) is 0 Å². The lowest BCUT2D eigenvalue weighted by Gasteiger charge is -2.24. The van der Waals surface area contributed by atoms with Crippen LogP contribution in [0.2, 0.25) is 0 Å². The van der Waals surface area contributed by atoms with E-state index in [-0.39, 0.29) is 5.91 Å². The van der Waals surface area contributed by atoms with Gasteiger partial charge in [-0.2, -0.15) is 0 Å². The third-order valence-electron chi connectivity index (χ3n) is 2.97. The number of carbonyl (C=O) groups is 1. The van der Waals surface area contributed by atoms with Gasteiger partial charge in [-0.25, -0.2) is 0 Å². The second-order valence-electron chi connectivity index (χ2n) is 4.60. The minimum absolute atomic E-state index is 0.00952. The van der Waals surface area contributed by atoms with Crippen molar-refractivity contribution < 1.29 is 14.3 Å². The van der Waals surface area contributed by atoms with E-state index in [1.165, 1.54) is 0 Å². The van der Waals surface area contributed by atoms with Gasteiger partial charge in [-0.1, -0.05) is 12.1 Å². The smallest absolute Gasteiger partial charge is 0.230 e. The Hall–Kier alpha value is -1.55. The highest BCUT2D eigenvalue weighted by Crippen LogP contribution is 2.25. The third kappa shape index (κ3) is 3.47. The van der Waals surface area contributed by atoms with Crippen LogP contribution in [0.1, 0.15) is 19.4 Å². The Balaban J connectivity index is 2.74. The second-order valence-corrected chi connectivity index (χ2v) is 4.60. The minimum Gasteiger partial charge on any atom is -0.497 e. The van der Waals surface area contributed by atoms with Gasteiger partial charge < -0.3 is 14.8 Å². The van der Waals surface area contributed by atoms with Crippen LogP contribution in [0.25, 0.3) is 0 Å². The summed E-state index contributed by atoms with van der Waals surface area (Å²) < 4.78 is 10.0. The Bertz CT molecular complexity index is 385. The summed E-state index contributed by atoms with van der Waals surface area (Å²) in [4.78, 5) is 12.1. The van der Waals surface area contributed by atoms with E-state index < -0.39 is 5.41 Å². The van der Waals surface area contributed by atoms with Crippen LogP contribution in [0.5, 0.6) is 5.75 Å². The van der Waals surface area contributed by atoms with Gasteiger partial charge in [0.15, 0.2) is 0 Å². The largest absolute Gasteiger partial charge is 0.497 e. The molecule has 0 atom stereocenters. The highest BCUT2D eigenvalue weighted by Gasteiger charge is 2.29. The van der Waals surface area contributed by atoms with Crippen LogP contribution in [0.4, 0.5) is 0 Å². The maximum atomic E-state index is 12.1. The fourth-order valence-electron chi connectivity index (χ4n) is 1.63. The van der Waals surface area contributed by atoms with Crippen LogP contribution in [0.15, 0.2) is 24.3 Å². The van der Waals surface area contributed by atoms with Crippen molar-refractivity contribution in [3.05, 3.63) is 29.8 Å². The molecule has 1 N–H and O–H groups in total. The van der Waals surface area contributed by atoms with Crippen LogP contribution < -0.4 is 10.1 Å². The van der Waals surface area contributed by atoms with Gasteiger partial charge in [0, 0.05) is 13.7 Å². The number of methoxy groups -OCH3 is 2. The predicted molar refractivity (Wildman–Crippen MR) is 70.9 cm³/mol. The van der Waals surface area contributed by atoms with E-state index in [4.69, 9.17) is 9.47 Å². The number of hydrogen-bond donors (Lipinski definition) is 1. The summed E-state index contributed by atoms with van der Waals surface area (Å²) in [5.41, 5.74) is 0.387. The molecule has 0 saturated heterocycles. The van der Waals surface area contributed by atoms with Gasteiger partial charge in [-0.15, -0.1) is 0 Å². The van der Waals surface area contributed by atoms with Crippen molar-refractivity contribution in [2.45, 2.75) is 19.3 Å². The molecule has 1 rings (SSSR count). The molecule has 100 valence electrons. The molecule has 0 aliphatic rings. The number of nitrogens with one attached hydrogen (secondary N) is 1. The van der Waals surface area contributed by atoms with Crippen molar-refractivity contribution in [3.63, 3.8) is 0 Å². The molecule has 0 heterocycles. The van der Waals surface area contributed by atoms with Crippen molar-refractivity contribution in [1.82, 2.24) is 5.32 Å². The average molecular weight is 251 g/mol. The molecule has 0 unspecified atom stereocenters. The molecule has 1 aromatic carbocycles. The van der Waals surface area contributed by atoms with Gasteiger partial charge in [-0.3, -0.25) is 4.79 Å². The van der Waals surface area contributed by atoms with Gasteiger partial charge in [0.25, 0.3) is 0 Å². The number of amides is 1. The SMILES string of the molecule is COCCNC(=O)C(C)(C)c1ccc(OC)cc1. The van der Waals surface area contributed by atoms with Gasteiger partial charge in [0.1, 0.15) is 5.75 Å². The molecule has 0 aliphatic heterocycles. The quantitative estimate of drug-likeness (QED) is 0.783. The van der Waals surface area contributed by atoms with Gasteiger partial charge >= 0.3 is 0 Å². The first-order chi connectivity index (χ1) is 8.52. The third-order valence-corrected chi connectivity index (χ3v) is 2.97. The van der Waals surface area contributed by atoms with Crippen LogP contribution in [0, 0.1) is 0 Å². The zero-order valence-corrected chi connectivity index (χ0v) is 11.4. The number of benzene rings is 1. The first kappa shape index (κ1) is 14.5. The Morgan fingerprint density at radius 1 is 1.22 bits per heavy atom. The van der Waals surface area contributed by atoms with Crippen molar-refractivity contribution in [2.75, 3.05) is 27.4 Å². The maximum absolute atomic E-state index is 12.1. The van der Waals surface area contributed by atoms with Crippen molar-refractivity contribution in [2.24, 2.45) is 0 Å². The molecule has 0 saturated carbocycles. The lowest BCUT2D eigenvalue weighted by molar-refractivity contribution is -0.125. The summed E-state index contributed by atoms with van der Waals surface area (Å²) in [5, 5.41) is 2.86. The molecule has 0 bridgehead atoms. The fraction of sp³-hybridized carbons (Fsp3) is 0.500. The lowest BCUT2D eigenvalue weighted by atomic mass is 9.83. The Kier molecular flexibility index (Phi) is 5.16. The molecule has 0 radical (unpaired) electrons. The zero-order chi connectivity index (χ0) is 13.6. The van der Waals surface area contributed by atoms with Gasteiger partial charge in [-0.05, 0) is 31.5 Å². The van der Waals surface area contributed by atoms with Crippen LogP contribution in [-0.2, 0) is 14.9 Å². The summed E-state index contributed by atoms with van der Waals surface area (Å²) in [6.07, 6.45) is 0. The first-order valence-electron chi connectivity index (χ1n) is 5.94. The van der Waals surface area contributed by atoms with Crippen LogP contribution >= 0.6 is 0 Å². The molecule has 4 heteroatoms. The molecular formula is C14H21NO3. The molecule has 0 spiro atoms. The van der Waals surface area contributed by atoms with E-state index in [2.05, 4.69) is 5.32 Å². The maximum Gasteiger partial charge on any atom is 0.230 e. The number of carbonyl (C=O) groups excluding carboxylic acids is 1. The number of rotatable bonds is 6. The van der Waals surface area contributed by atoms with Crippen LogP contribution in [0.3, 0.4) is 0 Å². The van der Waals surface area contributed by atoms with E-state index in [1.54, 1.807) is 14.2 Å². The van der Waals surface area contributed by atoms with Crippen molar-refractivity contribution in [3.8, 4) is 5.75 Å². The highest BCUT2D eigenvalue weighted by atomic mass is 16.5. The highest BCUT2D eigenvalue weighted by molar-refractivity contribution is 5.87. The summed E-state index contributed by atoms with van der Waals surface area (Å²) in [5.74, 6) is 0.777. The number of ether oxygens (including phenoxy) is 2. The van der Waals surface area contributed by atoms with Gasteiger partial charge in [0.05, 0.1) is 19.1 Å². The molecule has 0 aromatic heterocycles. The summed E-state index contributed by atoms with van der Waals surface area (Å²) in [6, 6.07) is 7.54. The van der Waals surface area contributed by atoms with Gasteiger partial charge in [0.2, 0.25) is 5.91 Å². The van der Waals surface area contributed by atoms with Crippen molar-refractivity contribution >= 4 is 5.91 Å². The molecule has 18 heavy (non-hydrogen) atoms. The summed E-state index contributed by atoms with van der Waals surface area (Å²) in [6.45, 7) is 4.84. The summed E-state index contributed by atoms with van der Waals surface area (Å²) >= 11 is 0. The molecule has 0 aliphatic carbocycles. The standard InChI is InChI=1S/C14H21NO3/c1-14(2,13(16)15-9-10-17-3)11-5-7-12(18-4)8-6-11/h5-8H,9-10H2,1-4H3,(H,15,16). The fourth-order valence-corrected chi connectivity index (χ4v) is 1.63. The molecule has 1 amide bonds. The summed E-state index contributed by atoms with van der Waals surface area (Å²) in [7, 11) is 3.23. The number of hydrogen-bond acceptors (Lipinski definition) is 3. The average Bonchev–Trinajstić information content (AvgIpc) is 2.39. The topological polar surface area (TPSA) is 47.6 Å². The van der Waals surface area contributed by atoms with E-state index >= 15 is 0 Å².